The molecule has 1 aliphatic heterocycles. The summed E-state index contributed by atoms with van der Waals surface area (Å²) in [6.45, 7) is 2.11. The van der Waals surface area contributed by atoms with E-state index < -0.39 is 0 Å². The van der Waals surface area contributed by atoms with Crippen LogP contribution in [0.2, 0.25) is 0 Å². The number of benzene rings is 3. The molecule has 0 amide bonds. The van der Waals surface area contributed by atoms with Crippen LogP contribution in [0.5, 0.6) is 0 Å². The molecule has 3 aromatic carbocycles. The molecule has 2 heteroatoms. The summed E-state index contributed by atoms with van der Waals surface area (Å²) in [5.41, 5.74) is 4.20. The zero-order valence-corrected chi connectivity index (χ0v) is 13.6. The predicted molar refractivity (Wildman–Crippen MR) is 98.4 cm³/mol. The minimum atomic E-state index is -0.0463. The van der Waals surface area contributed by atoms with Crippen LogP contribution in [-0.2, 0) is 0 Å². The molecule has 2 atom stereocenters. The van der Waals surface area contributed by atoms with Crippen molar-refractivity contribution in [1.29, 1.82) is 0 Å². The maximum Gasteiger partial charge on any atom is 0.187 e. The van der Waals surface area contributed by atoms with Gasteiger partial charge >= 0.3 is 0 Å². The quantitative estimate of drug-likeness (QED) is 0.508. The van der Waals surface area contributed by atoms with Gasteiger partial charge in [0.1, 0.15) is 6.04 Å². The molecule has 0 saturated carbocycles. The third kappa shape index (κ3) is 2.61. The molecular formula is C22H19NO. The largest absolute Gasteiger partial charge is 0.354 e. The fourth-order valence-corrected chi connectivity index (χ4v) is 3.32. The molecule has 2 unspecified atom stereocenters. The second-order valence-corrected chi connectivity index (χ2v) is 6.24. The fraction of sp³-hybridized carbons (Fsp3) is 0.136. The van der Waals surface area contributed by atoms with Crippen LogP contribution in [0.25, 0.3) is 11.1 Å². The number of carbonyl (C=O) groups excluding carboxylic acids is 1. The van der Waals surface area contributed by atoms with Crippen molar-refractivity contribution in [2.24, 2.45) is 0 Å². The molecule has 0 N–H and O–H groups in total. The number of Topliss-reactive ketones (excluding diaryl/α,β-unsaturated/α-hetero) is 1. The van der Waals surface area contributed by atoms with E-state index in [1.165, 1.54) is 5.56 Å². The second kappa shape index (κ2) is 5.97. The smallest absolute Gasteiger partial charge is 0.187 e. The summed E-state index contributed by atoms with van der Waals surface area (Å²) in [5.74, 6) is 0.200. The number of anilines is 1. The van der Waals surface area contributed by atoms with Crippen molar-refractivity contribution in [3.8, 4) is 11.1 Å². The highest BCUT2D eigenvalue weighted by Crippen LogP contribution is 2.36. The van der Waals surface area contributed by atoms with Gasteiger partial charge in [0.25, 0.3) is 0 Å². The molecule has 0 bridgehead atoms. The Bertz CT molecular complexity index is 840. The van der Waals surface area contributed by atoms with Gasteiger partial charge in [0.2, 0.25) is 0 Å². The summed E-state index contributed by atoms with van der Waals surface area (Å²) in [7, 11) is 0. The Hall–Kier alpha value is -2.87. The molecule has 24 heavy (non-hydrogen) atoms. The summed E-state index contributed by atoms with van der Waals surface area (Å²) in [4.78, 5) is 15.0. The maximum absolute atomic E-state index is 12.8. The molecule has 1 saturated heterocycles. The fourth-order valence-electron chi connectivity index (χ4n) is 3.32. The molecule has 1 heterocycles. The molecule has 3 aromatic rings. The standard InChI is InChI=1S/C22H19NO/c1-16-21(23(16)20-10-6-3-7-11-20)22(24)19-14-12-18(13-15-19)17-8-4-2-5-9-17/h2-16,21H,1H3. The second-order valence-electron chi connectivity index (χ2n) is 6.24. The van der Waals surface area contributed by atoms with Crippen molar-refractivity contribution in [2.45, 2.75) is 19.0 Å². The van der Waals surface area contributed by atoms with Crippen LogP contribution in [0.3, 0.4) is 0 Å². The first-order valence-corrected chi connectivity index (χ1v) is 8.29. The molecule has 1 fully saturated rings. The van der Waals surface area contributed by atoms with Crippen LogP contribution in [0, 0.1) is 0 Å². The Balaban J connectivity index is 1.53. The first kappa shape index (κ1) is 14.7. The Morgan fingerprint density at radius 1 is 0.750 bits per heavy atom. The van der Waals surface area contributed by atoms with E-state index in [9.17, 15) is 4.79 Å². The third-order valence-electron chi connectivity index (χ3n) is 4.71. The van der Waals surface area contributed by atoms with Gasteiger partial charge in [-0.25, -0.2) is 0 Å². The highest BCUT2D eigenvalue weighted by atomic mass is 16.1. The van der Waals surface area contributed by atoms with Crippen molar-refractivity contribution >= 4 is 11.5 Å². The lowest BCUT2D eigenvalue weighted by Gasteiger charge is -2.06. The number of para-hydroxylation sites is 1. The lowest BCUT2D eigenvalue weighted by molar-refractivity contribution is 0.0991. The molecular weight excluding hydrogens is 294 g/mol. The van der Waals surface area contributed by atoms with Crippen LogP contribution in [-0.4, -0.2) is 17.9 Å². The highest BCUT2D eigenvalue weighted by Gasteiger charge is 2.49. The minimum absolute atomic E-state index is 0.0463. The van der Waals surface area contributed by atoms with E-state index in [0.717, 1.165) is 16.8 Å². The minimum Gasteiger partial charge on any atom is -0.354 e. The van der Waals surface area contributed by atoms with E-state index in [0.29, 0.717) is 0 Å². The van der Waals surface area contributed by atoms with Gasteiger partial charge in [-0.3, -0.25) is 4.79 Å². The Morgan fingerprint density at radius 2 is 1.29 bits per heavy atom. The molecule has 4 rings (SSSR count). The van der Waals surface area contributed by atoms with Crippen molar-refractivity contribution in [3.63, 3.8) is 0 Å². The molecule has 118 valence electrons. The van der Waals surface area contributed by atoms with E-state index in [4.69, 9.17) is 0 Å². The number of ketones is 1. The van der Waals surface area contributed by atoms with Gasteiger partial charge in [-0.05, 0) is 30.2 Å². The Labute approximate surface area is 142 Å². The highest BCUT2D eigenvalue weighted by molar-refractivity contribution is 6.06. The van der Waals surface area contributed by atoms with Gasteiger partial charge < -0.3 is 4.90 Å². The topological polar surface area (TPSA) is 20.1 Å². The lowest BCUT2D eigenvalue weighted by atomic mass is 10.0. The van der Waals surface area contributed by atoms with Gasteiger partial charge in [-0.15, -0.1) is 0 Å². The van der Waals surface area contributed by atoms with Gasteiger partial charge in [0, 0.05) is 11.3 Å². The van der Waals surface area contributed by atoms with Crippen molar-refractivity contribution in [3.05, 3.63) is 90.5 Å². The molecule has 2 nitrogen and oxygen atoms in total. The normalized spacial score (nSPS) is 19.1. The molecule has 0 aliphatic carbocycles. The first-order valence-electron chi connectivity index (χ1n) is 8.29. The summed E-state index contributed by atoms with van der Waals surface area (Å²) < 4.78 is 0. The number of nitrogens with zero attached hydrogens (tertiary/aromatic N) is 1. The number of hydrogen-bond donors (Lipinski definition) is 0. The van der Waals surface area contributed by atoms with Crippen LogP contribution in [0.15, 0.2) is 84.9 Å². The predicted octanol–water partition coefficient (Wildman–Crippen LogP) is 4.81. The Kier molecular flexibility index (Phi) is 3.66. The summed E-state index contributed by atoms with van der Waals surface area (Å²) in [6.07, 6.45) is 0. The van der Waals surface area contributed by atoms with Gasteiger partial charge in [0.05, 0.1) is 6.04 Å². The van der Waals surface area contributed by atoms with Crippen molar-refractivity contribution in [2.75, 3.05) is 4.90 Å². The van der Waals surface area contributed by atoms with Gasteiger partial charge in [-0.2, -0.15) is 0 Å². The SMILES string of the molecule is CC1C(C(=O)c2ccc(-c3ccccc3)cc2)N1c1ccccc1. The van der Waals surface area contributed by atoms with E-state index in [1.807, 2.05) is 60.7 Å². The van der Waals surface area contributed by atoms with Gasteiger partial charge in [0.15, 0.2) is 5.78 Å². The molecule has 1 aliphatic rings. The molecule has 0 aromatic heterocycles. The molecule has 0 radical (unpaired) electrons. The van der Waals surface area contributed by atoms with Crippen LogP contribution in [0.4, 0.5) is 5.69 Å². The van der Waals surface area contributed by atoms with E-state index in [1.54, 1.807) is 0 Å². The van der Waals surface area contributed by atoms with Crippen molar-refractivity contribution < 1.29 is 4.79 Å². The lowest BCUT2D eigenvalue weighted by Crippen LogP contribution is -2.13. The van der Waals surface area contributed by atoms with Crippen LogP contribution < -0.4 is 4.90 Å². The van der Waals surface area contributed by atoms with E-state index in [2.05, 4.69) is 36.1 Å². The third-order valence-corrected chi connectivity index (χ3v) is 4.71. The first-order chi connectivity index (χ1) is 11.8. The summed E-state index contributed by atoms with van der Waals surface area (Å²) in [5, 5.41) is 0. The van der Waals surface area contributed by atoms with Crippen LogP contribution in [0.1, 0.15) is 17.3 Å². The van der Waals surface area contributed by atoms with Crippen LogP contribution >= 0.6 is 0 Å². The van der Waals surface area contributed by atoms with Crippen molar-refractivity contribution in [1.82, 2.24) is 0 Å². The zero-order valence-electron chi connectivity index (χ0n) is 13.6. The van der Waals surface area contributed by atoms with E-state index >= 15 is 0 Å². The summed E-state index contributed by atoms with van der Waals surface area (Å²) >= 11 is 0. The average molecular weight is 313 g/mol. The average Bonchev–Trinajstić information content (AvgIpc) is 3.33. The number of rotatable bonds is 4. The monoisotopic (exact) mass is 313 g/mol. The van der Waals surface area contributed by atoms with E-state index in [-0.39, 0.29) is 17.9 Å². The maximum atomic E-state index is 12.8. The van der Waals surface area contributed by atoms with Gasteiger partial charge in [-0.1, -0.05) is 72.8 Å². The molecule has 0 spiro atoms. The summed E-state index contributed by atoms with van der Waals surface area (Å²) in [6, 6.07) is 28.5. The number of carbonyl (C=O) groups is 1. The zero-order chi connectivity index (χ0) is 16.5. The Morgan fingerprint density at radius 3 is 1.92 bits per heavy atom. The number of hydrogen-bond acceptors (Lipinski definition) is 2.